The fourth-order valence-corrected chi connectivity index (χ4v) is 3.34. The van der Waals surface area contributed by atoms with Crippen LogP contribution in [0.2, 0.25) is 0 Å². The minimum absolute atomic E-state index is 0.0734. The average Bonchev–Trinajstić information content (AvgIpc) is 2.58. The molecular formula is C10H9NO2S2. The van der Waals surface area contributed by atoms with Gasteiger partial charge in [-0.05, 0) is 41.1 Å². The Morgan fingerprint density at radius 3 is 3.07 bits per heavy atom. The van der Waals surface area contributed by atoms with E-state index in [2.05, 4.69) is 18.4 Å². The zero-order chi connectivity index (χ0) is 10.8. The fourth-order valence-electron chi connectivity index (χ4n) is 1.39. The zero-order valence-corrected chi connectivity index (χ0v) is 9.73. The third-order valence-electron chi connectivity index (χ3n) is 2.08. The van der Waals surface area contributed by atoms with Crippen LogP contribution in [-0.2, 0) is 0 Å². The summed E-state index contributed by atoms with van der Waals surface area (Å²) in [6, 6.07) is 5.94. The molecule has 0 saturated carbocycles. The number of nitrogens with zero attached hydrogens (tertiary/aromatic N) is 1. The van der Waals surface area contributed by atoms with Gasteiger partial charge in [0.2, 0.25) is 0 Å². The quantitative estimate of drug-likeness (QED) is 0.356. The van der Waals surface area contributed by atoms with Gasteiger partial charge in [0.25, 0.3) is 5.88 Å². The van der Waals surface area contributed by atoms with Gasteiger partial charge in [-0.15, -0.1) is 11.3 Å². The molecule has 15 heavy (non-hydrogen) atoms. The molecule has 0 aliphatic heterocycles. The number of benzene rings is 1. The van der Waals surface area contributed by atoms with Crippen molar-refractivity contribution in [3.63, 3.8) is 0 Å². The van der Waals surface area contributed by atoms with E-state index in [1.165, 1.54) is 22.7 Å². The van der Waals surface area contributed by atoms with Crippen LogP contribution in [0.15, 0.2) is 28.5 Å². The van der Waals surface area contributed by atoms with Gasteiger partial charge < -0.3 is 0 Å². The van der Waals surface area contributed by atoms with Gasteiger partial charge in [-0.3, -0.25) is 10.1 Å². The van der Waals surface area contributed by atoms with Crippen LogP contribution in [0.5, 0.6) is 0 Å². The Balaban J connectivity index is 2.38. The molecule has 0 bridgehead atoms. The molecule has 2 rings (SSSR count). The minimum Gasteiger partial charge on any atom is -0.264 e. The predicted molar refractivity (Wildman–Crippen MR) is 64.3 cm³/mol. The Morgan fingerprint density at radius 2 is 2.33 bits per heavy atom. The van der Waals surface area contributed by atoms with Gasteiger partial charge in [-0.2, -0.15) is 0 Å². The van der Waals surface area contributed by atoms with Crippen LogP contribution in [0.1, 0.15) is 5.56 Å². The van der Waals surface area contributed by atoms with Crippen molar-refractivity contribution in [2.45, 2.75) is 11.8 Å². The minimum atomic E-state index is -0.302. The number of rotatable bonds is 3. The molecule has 78 valence electrons. The molecule has 2 aromatic rings. The number of aryl methyl sites for hydroxylation is 1. The van der Waals surface area contributed by atoms with Crippen LogP contribution in [0.3, 0.4) is 0 Å². The maximum Gasteiger partial charge on any atom is 0.253 e. The molecule has 5 heteroatoms. The summed E-state index contributed by atoms with van der Waals surface area (Å²) >= 11 is 2.93. The molecule has 0 aliphatic carbocycles. The van der Waals surface area contributed by atoms with Crippen molar-refractivity contribution in [1.82, 2.24) is 0 Å². The number of hydrogen-bond donors (Lipinski definition) is 0. The second-order valence-electron chi connectivity index (χ2n) is 3.16. The van der Waals surface area contributed by atoms with E-state index in [0.29, 0.717) is 0 Å². The van der Waals surface area contributed by atoms with Crippen LogP contribution >= 0.6 is 23.1 Å². The summed E-state index contributed by atoms with van der Waals surface area (Å²) in [6.45, 7) is 2.06. The highest BCUT2D eigenvalue weighted by atomic mass is 32.2. The molecule has 0 amide bonds. The van der Waals surface area contributed by atoms with Crippen molar-refractivity contribution in [2.75, 3.05) is 5.88 Å². The maximum atomic E-state index is 10.3. The van der Waals surface area contributed by atoms with Gasteiger partial charge in [0, 0.05) is 14.5 Å². The van der Waals surface area contributed by atoms with E-state index < -0.39 is 0 Å². The lowest BCUT2D eigenvalue weighted by atomic mass is 10.2. The van der Waals surface area contributed by atoms with Crippen molar-refractivity contribution in [3.8, 4) is 0 Å². The molecule has 1 aromatic carbocycles. The predicted octanol–water partition coefficient (Wildman–Crippen LogP) is 3.54. The molecule has 0 radical (unpaired) electrons. The van der Waals surface area contributed by atoms with E-state index in [1.54, 1.807) is 11.3 Å². The van der Waals surface area contributed by atoms with Gasteiger partial charge in [0.15, 0.2) is 0 Å². The van der Waals surface area contributed by atoms with Crippen molar-refractivity contribution >= 4 is 33.2 Å². The maximum absolute atomic E-state index is 10.3. The average molecular weight is 239 g/mol. The van der Waals surface area contributed by atoms with Gasteiger partial charge in [0.05, 0.1) is 0 Å². The van der Waals surface area contributed by atoms with Crippen LogP contribution in [0.4, 0.5) is 0 Å². The molecule has 0 aliphatic rings. The van der Waals surface area contributed by atoms with Crippen molar-refractivity contribution < 1.29 is 4.92 Å². The number of thiophene rings is 1. The fraction of sp³-hybridized carbons (Fsp3) is 0.200. The van der Waals surface area contributed by atoms with Crippen LogP contribution in [-0.4, -0.2) is 10.8 Å². The summed E-state index contributed by atoms with van der Waals surface area (Å²) < 4.78 is 1.15. The molecule has 3 nitrogen and oxygen atoms in total. The SMILES string of the molecule is Cc1csc2c(SC[N+](=O)[O-])cccc12. The lowest BCUT2D eigenvalue weighted by Gasteiger charge is -1.99. The summed E-state index contributed by atoms with van der Waals surface area (Å²) in [5.41, 5.74) is 1.23. The normalized spacial score (nSPS) is 10.7. The third kappa shape index (κ3) is 2.13. The molecule has 0 fully saturated rings. The highest BCUT2D eigenvalue weighted by Gasteiger charge is 2.07. The highest BCUT2D eigenvalue weighted by molar-refractivity contribution is 7.99. The van der Waals surface area contributed by atoms with Gasteiger partial charge in [0.1, 0.15) is 0 Å². The first kappa shape index (κ1) is 10.4. The summed E-state index contributed by atoms with van der Waals surface area (Å²) in [5.74, 6) is -0.0734. The molecular weight excluding hydrogens is 230 g/mol. The molecule has 1 aromatic heterocycles. The van der Waals surface area contributed by atoms with E-state index in [1.807, 2.05) is 12.1 Å². The lowest BCUT2D eigenvalue weighted by molar-refractivity contribution is -0.456. The monoisotopic (exact) mass is 239 g/mol. The lowest BCUT2D eigenvalue weighted by Crippen LogP contribution is -1.94. The zero-order valence-electron chi connectivity index (χ0n) is 8.10. The number of fused-ring (bicyclic) bond motifs is 1. The largest absolute Gasteiger partial charge is 0.264 e. The Kier molecular flexibility index (Phi) is 2.93. The second-order valence-corrected chi connectivity index (χ2v) is 5.02. The van der Waals surface area contributed by atoms with Gasteiger partial charge in [-0.25, -0.2) is 0 Å². The Bertz CT molecular complexity index is 507. The van der Waals surface area contributed by atoms with Gasteiger partial charge >= 0.3 is 0 Å². The topological polar surface area (TPSA) is 43.1 Å². The van der Waals surface area contributed by atoms with E-state index in [4.69, 9.17) is 0 Å². The van der Waals surface area contributed by atoms with Crippen molar-refractivity contribution in [2.24, 2.45) is 0 Å². The Morgan fingerprint density at radius 1 is 1.53 bits per heavy atom. The number of thioether (sulfide) groups is 1. The first-order valence-electron chi connectivity index (χ1n) is 4.40. The molecule has 0 N–H and O–H groups in total. The summed E-state index contributed by atoms with van der Waals surface area (Å²) in [5, 5.41) is 13.6. The second kappa shape index (κ2) is 4.20. The molecule has 0 unspecified atom stereocenters. The Hall–Kier alpha value is -1.07. The smallest absolute Gasteiger partial charge is 0.253 e. The summed E-state index contributed by atoms with van der Waals surface area (Å²) in [6.07, 6.45) is 0. The van der Waals surface area contributed by atoms with Crippen LogP contribution in [0.25, 0.3) is 10.1 Å². The van der Waals surface area contributed by atoms with E-state index in [0.717, 1.165) is 9.60 Å². The molecule has 0 atom stereocenters. The van der Waals surface area contributed by atoms with Crippen molar-refractivity contribution in [3.05, 3.63) is 39.3 Å². The first-order valence-corrected chi connectivity index (χ1v) is 6.26. The first-order chi connectivity index (χ1) is 7.18. The van der Waals surface area contributed by atoms with Crippen molar-refractivity contribution in [1.29, 1.82) is 0 Å². The standard InChI is InChI=1S/C10H9NO2S2/c1-7-5-14-10-8(7)3-2-4-9(10)15-6-11(12)13/h2-5H,6H2,1H3. The van der Waals surface area contributed by atoms with Crippen LogP contribution in [0, 0.1) is 17.0 Å². The highest BCUT2D eigenvalue weighted by Crippen LogP contribution is 2.34. The molecule has 0 saturated heterocycles. The Labute approximate surface area is 95.3 Å². The summed E-state index contributed by atoms with van der Waals surface area (Å²) in [7, 11) is 0. The molecule has 1 heterocycles. The number of hydrogen-bond acceptors (Lipinski definition) is 4. The van der Waals surface area contributed by atoms with E-state index in [-0.39, 0.29) is 10.8 Å². The third-order valence-corrected chi connectivity index (χ3v) is 4.35. The van der Waals surface area contributed by atoms with E-state index >= 15 is 0 Å². The van der Waals surface area contributed by atoms with Crippen LogP contribution < -0.4 is 0 Å². The summed E-state index contributed by atoms with van der Waals surface area (Å²) in [4.78, 5) is 11.0. The molecule has 0 spiro atoms. The number of nitro groups is 1. The van der Waals surface area contributed by atoms with Gasteiger partial charge in [-0.1, -0.05) is 12.1 Å². The van der Waals surface area contributed by atoms with E-state index in [9.17, 15) is 10.1 Å².